The van der Waals surface area contributed by atoms with Crippen LogP contribution in [0.4, 0.5) is 0 Å². The van der Waals surface area contributed by atoms with Gasteiger partial charge in [0.2, 0.25) is 5.91 Å². The fourth-order valence-corrected chi connectivity index (χ4v) is 5.29. The van der Waals surface area contributed by atoms with E-state index < -0.39 is 18.1 Å². The number of amides is 1. The van der Waals surface area contributed by atoms with Gasteiger partial charge in [0.1, 0.15) is 12.7 Å². The van der Waals surface area contributed by atoms with Crippen LogP contribution < -0.4 is 9.47 Å². The van der Waals surface area contributed by atoms with Crippen molar-refractivity contribution in [2.45, 2.75) is 51.2 Å². The smallest absolute Gasteiger partial charge is 0.248 e. The van der Waals surface area contributed by atoms with Crippen molar-refractivity contribution in [3.05, 3.63) is 23.8 Å². The molecule has 1 saturated heterocycles. The first kappa shape index (κ1) is 19.5. The molecule has 1 amide bonds. The number of hydrogen-bond donors (Lipinski definition) is 2. The van der Waals surface area contributed by atoms with E-state index in [2.05, 4.69) is 0 Å². The van der Waals surface area contributed by atoms with Gasteiger partial charge in [-0.25, -0.2) is 0 Å². The van der Waals surface area contributed by atoms with Crippen LogP contribution in [-0.4, -0.2) is 60.0 Å². The van der Waals surface area contributed by atoms with Gasteiger partial charge in [0.05, 0.1) is 13.2 Å². The molecule has 5 atom stereocenters. The summed E-state index contributed by atoms with van der Waals surface area (Å²) >= 11 is 0. The lowest BCUT2D eigenvalue weighted by Crippen LogP contribution is -2.38. The number of ether oxygens (including phenoxy) is 2. The number of carbonyl (C=O) groups is 1. The number of nitrogens with zero attached hydrogens (tertiary/aromatic N) is 1. The number of likely N-dealkylation sites (tertiary alicyclic amines) is 1. The van der Waals surface area contributed by atoms with Crippen LogP contribution in [0, 0.1) is 17.3 Å². The summed E-state index contributed by atoms with van der Waals surface area (Å²) in [6.07, 6.45) is 3.49. The number of methoxy groups -OCH3 is 1. The molecule has 2 N–H and O–H groups in total. The van der Waals surface area contributed by atoms with Gasteiger partial charge in [-0.15, -0.1) is 0 Å². The summed E-state index contributed by atoms with van der Waals surface area (Å²) in [5, 5.41) is 19.8. The maximum atomic E-state index is 12.1. The zero-order valence-corrected chi connectivity index (χ0v) is 16.9. The van der Waals surface area contributed by atoms with Gasteiger partial charge < -0.3 is 24.6 Å². The Morgan fingerprint density at radius 2 is 2.04 bits per heavy atom. The Balaban J connectivity index is 1.61. The summed E-state index contributed by atoms with van der Waals surface area (Å²) in [7, 11) is 1.65. The number of aliphatic hydroxyl groups is 2. The number of fused-ring (bicyclic) bond motifs is 1. The second-order valence-electron chi connectivity index (χ2n) is 8.92. The predicted molar refractivity (Wildman–Crippen MR) is 104 cm³/mol. The van der Waals surface area contributed by atoms with Crippen molar-refractivity contribution in [2.75, 3.05) is 26.8 Å². The average Bonchev–Trinajstić information content (AvgIpc) is 3.04. The van der Waals surface area contributed by atoms with Crippen molar-refractivity contribution in [1.29, 1.82) is 0 Å². The molecule has 1 aromatic rings. The van der Waals surface area contributed by atoms with Crippen LogP contribution in [0.25, 0.3) is 0 Å². The highest BCUT2D eigenvalue weighted by Gasteiger charge is 2.55. The van der Waals surface area contributed by atoms with E-state index in [-0.39, 0.29) is 17.9 Å². The molecule has 6 heteroatoms. The van der Waals surface area contributed by atoms with E-state index in [0.29, 0.717) is 30.7 Å². The number of aliphatic hydroxyl groups excluding tert-OH is 2. The van der Waals surface area contributed by atoms with Crippen LogP contribution in [0.5, 0.6) is 11.5 Å². The maximum Gasteiger partial charge on any atom is 0.248 e. The predicted octanol–water partition coefficient (Wildman–Crippen LogP) is 2.18. The first-order valence-electron chi connectivity index (χ1n) is 10.3. The normalized spacial score (nSPS) is 34.8. The third-order valence-electron chi connectivity index (χ3n) is 7.35. The molecule has 0 aromatic heterocycles. The molecule has 0 bridgehead atoms. The molecule has 154 valence electrons. The average molecular weight is 389 g/mol. The highest BCUT2D eigenvalue weighted by molar-refractivity contribution is 5.77. The summed E-state index contributed by atoms with van der Waals surface area (Å²) in [6.45, 7) is 4.16. The molecular formula is C22H31NO5. The van der Waals surface area contributed by atoms with Gasteiger partial charge in [0.25, 0.3) is 0 Å². The van der Waals surface area contributed by atoms with E-state index in [1.165, 1.54) is 19.3 Å². The monoisotopic (exact) mass is 389 g/mol. The zero-order valence-electron chi connectivity index (χ0n) is 16.9. The lowest BCUT2D eigenvalue weighted by atomic mass is 9.72. The van der Waals surface area contributed by atoms with E-state index in [1.54, 1.807) is 18.9 Å². The topological polar surface area (TPSA) is 79.2 Å². The third kappa shape index (κ3) is 3.16. The van der Waals surface area contributed by atoms with Gasteiger partial charge in [-0.3, -0.25) is 4.79 Å². The van der Waals surface area contributed by atoms with Crippen molar-refractivity contribution in [3.63, 3.8) is 0 Å². The van der Waals surface area contributed by atoms with E-state index in [9.17, 15) is 15.0 Å². The Bertz CT molecular complexity index is 740. The van der Waals surface area contributed by atoms with Crippen molar-refractivity contribution < 1.29 is 24.5 Å². The summed E-state index contributed by atoms with van der Waals surface area (Å²) in [5.74, 6) is 2.48. The Morgan fingerprint density at radius 1 is 1.32 bits per heavy atom. The number of hydrogen-bond acceptors (Lipinski definition) is 5. The van der Waals surface area contributed by atoms with E-state index >= 15 is 0 Å². The minimum atomic E-state index is -0.594. The third-order valence-corrected chi connectivity index (χ3v) is 7.35. The first-order valence-corrected chi connectivity index (χ1v) is 10.3. The second kappa shape index (κ2) is 7.23. The molecule has 2 unspecified atom stereocenters. The molecular weight excluding hydrogens is 358 g/mol. The lowest BCUT2D eigenvalue weighted by Gasteiger charge is -2.33. The van der Waals surface area contributed by atoms with Crippen LogP contribution in [0.2, 0.25) is 0 Å². The van der Waals surface area contributed by atoms with Crippen LogP contribution in [0.15, 0.2) is 18.2 Å². The van der Waals surface area contributed by atoms with Gasteiger partial charge >= 0.3 is 0 Å². The van der Waals surface area contributed by atoms with Gasteiger partial charge in [0.15, 0.2) is 11.5 Å². The molecule has 0 spiro atoms. The molecule has 3 aliphatic rings. The largest absolute Gasteiger partial charge is 0.493 e. The number of benzene rings is 1. The quantitative estimate of drug-likeness (QED) is 0.780. The first-order chi connectivity index (χ1) is 13.4. The van der Waals surface area contributed by atoms with Crippen molar-refractivity contribution >= 4 is 5.91 Å². The molecule has 1 aliphatic heterocycles. The summed E-state index contributed by atoms with van der Waals surface area (Å²) in [4.78, 5) is 13.7. The van der Waals surface area contributed by atoms with E-state index in [0.717, 1.165) is 11.3 Å². The summed E-state index contributed by atoms with van der Waals surface area (Å²) < 4.78 is 11.8. The Hall–Kier alpha value is -1.79. The highest BCUT2D eigenvalue weighted by Crippen LogP contribution is 2.55. The van der Waals surface area contributed by atoms with Crippen molar-refractivity contribution in [3.8, 4) is 11.5 Å². The molecule has 1 aromatic carbocycles. The summed E-state index contributed by atoms with van der Waals surface area (Å²) in [6, 6.07) is 5.94. The van der Waals surface area contributed by atoms with Gasteiger partial charge in [-0.2, -0.15) is 0 Å². The minimum absolute atomic E-state index is 0.0463. The lowest BCUT2D eigenvalue weighted by molar-refractivity contribution is -0.133. The molecule has 6 nitrogen and oxygen atoms in total. The Morgan fingerprint density at radius 3 is 2.64 bits per heavy atom. The van der Waals surface area contributed by atoms with Gasteiger partial charge in [-0.05, 0) is 37.5 Å². The van der Waals surface area contributed by atoms with E-state index in [4.69, 9.17) is 9.47 Å². The van der Waals surface area contributed by atoms with Crippen LogP contribution in [0.3, 0.4) is 0 Å². The summed E-state index contributed by atoms with van der Waals surface area (Å²) in [5.41, 5.74) is 0.533. The van der Waals surface area contributed by atoms with Crippen molar-refractivity contribution in [1.82, 2.24) is 4.90 Å². The van der Waals surface area contributed by atoms with Crippen LogP contribution >= 0.6 is 0 Å². The molecule has 3 fully saturated rings. The van der Waals surface area contributed by atoms with Crippen LogP contribution in [-0.2, 0) is 4.79 Å². The number of carbonyl (C=O) groups excluding carboxylic acids is 1. The van der Waals surface area contributed by atoms with Crippen molar-refractivity contribution in [2.24, 2.45) is 17.3 Å². The molecule has 4 rings (SSSR count). The maximum absolute atomic E-state index is 12.1. The molecule has 0 radical (unpaired) electrons. The van der Waals surface area contributed by atoms with E-state index in [1.807, 2.05) is 25.1 Å². The molecule has 1 heterocycles. The fourth-order valence-electron chi connectivity index (χ4n) is 5.29. The number of rotatable bonds is 6. The zero-order chi connectivity index (χ0) is 20.1. The molecule has 28 heavy (non-hydrogen) atoms. The minimum Gasteiger partial charge on any atom is -0.493 e. The standard InChI is InChI=1S/C22H31NO5/c1-13(25)22(2)12-23(20(26)11-24)10-17(22)14-7-8-18(27-3)19(9-14)28-21-15-5-4-6-16(15)21/h7-9,13,15-17,21,24-25H,4-6,10-12H2,1-3H3/t13-,15?,16?,17+,21?,22+/m1/s1. The second-order valence-corrected chi connectivity index (χ2v) is 8.92. The van der Waals surface area contributed by atoms with Gasteiger partial charge in [0, 0.05) is 36.3 Å². The molecule has 2 saturated carbocycles. The highest BCUT2D eigenvalue weighted by atomic mass is 16.5. The van der Waals surface area contributed by atoms with Crippen LogP contribution in [0.1, 0.15) is 44.6 Å². The fraction of sp³-hybridized carbons (Fsp3) is 0.682. The Kier molecular flexibility index (Phi) is 5.04. The Labute approximate surface area is 166 Å². The SMILES string of the molecule is COc1ccc([C@@H]2CN(C(=O)CO)C[C@@]2(C)[C@@H](C)O)cc1OC1C2CCCC21. The molecule has 2 aliphatic carbocycles. The van der Waals surface area contributed by atoms with Gasteiger partial charge in [-0.1, -0.05) is 19.4 Å².